The van der Waals surface area contributed by atoms with Crippen LogP contribution in [0.1, 0.15) is 105 Å². The van der Waals surface area contributed by atoms with Crippen LogP contribution in [-0.2, 0) is 167 Å². The molecule has 35 nitrogen and oxygen atoms in total. The number of esters is 15. The molecular weight excluding hydrogens is 1510 g/mol. The molecule has 0 N–H and O–H groups in total. The number of hydrogen-bond donors (Lipinski definition) is 0. The van der Waals surface area contributed by atoms with Gasteiger partial charge < -0.3 is 94.7 Å². The molecule has 28 unspecified atom stereocenters. The van der Waals surface area contributed by atoms with E-state index in [1.165, 1.54) is 28.1 Å². The van der Waals surface area contributed by atoms with Crippen molar-refractivity contribution in [3.8, 4) is 0 Å². The lowest BCUT2D eigenvalue weighted by molar-refractivity contribution is -0.171. The second-order valence-electron chi connectivity index (χ2n) is 30.9. The number of methoxy groups -OCH3 is 2. The lowest BCUT2D eigenvalue weighted by atomic mass is 9.74. The molecule has 12 bridgehead atoms. The summed E-state index contributed by atoms with van der Waals surface area (Å²) in [5.41, 5.74) is 1.44. The molecule has 12 aliphatic heterocycles. The van der Waals surface area contributed by atoms with E-state index in [1.54, 1.807) is 20.8 Å². The van der Waals surface area contributed by atoms with E-state index in [9.17, 15) is 71.9 Å². The summed E-state index contributed by atoms with van der Waals surface area (Å²) in [6.07, 6.45) is 6.02. The summed E-state index contributed by atoms with van der Waals surface area (Å²) in [5.74, 6) is -9.76. The molecule has 114 heavy (non-hydrogen) atoms. The summed E-state index contributed by atoms with van der Waals surface area (Å²) in [5, 5.41) is 0. The van der Waals surface area contributed by atoms with Gasteiger partial charge in [0.15, 0.2) is 31.5 Å². The molecule has 16 rings (SSSR count). The van der Waals surface area contributed by atoms with Crippen LogP contribution in [0.5, 0.6) is 0 Å². The van der Waals surface area contributed by atoms with Gasteiger partial charge in [-0.05, 0) is 91.9 Å². The first kappa shape index (κ1) is 85.2. The molecule has 0 amide bonds. The number of hydrogen-bond acceptors (Lipinski definition) is 35. The average Bonchev–Trinajstić information content (AvgIpc) is 1.56. The van der Waals surface area contributed by atoms with E-state index in [1.807, 2.05) is 0 Å². The Labute approximate surface area is 655 Å². The maximum atomic E-state index is 12.0. The Morgan fingerprint density at radius 3 is 1.32 bits per heavy atom. The fourth-order valence-electron chi connectivity index (χ4n) is 18.1. The van der Waals surface area contributed by atoms with Crippen molar-refractivity contribution in [2.45, 2.75) is 209 Å². The van der Waals surface area contributed by atoms with E-state index in [-0.39, 0.29) is 207 Å². The van der Waals surface area contributed by atoms with Crippen molar-refractivity contribution in [2.24, 2.45) is 65.1 Å². The van der Waals surface area contributed by atoms with Crippen LogP contribution in [0.15, 0.2) is 73.4 Å². The van der Waals surface area contributed by atoms with E-state index in [4.69, 9.17) is 94.7 Å². The molecule has 4 aliphatic carbocycles. The van der Waals surface area contributed by atoms with Gasteiger partial charge in [-0.25, -0.2) is 38.4 Å². The predicted octanol–water partition coefficient (Wildman–Crippen LogP) is 3.03. The van der Waals surface area contributed by atoms with Crippen LogP contribution in [0, 0.1) is 65.1 Å². The van der Waals surface area contributed by atoms with E-state index < -0.39 is 108 Å². The topological polar surface area (TPSA) is 441 Å². The fourth-order valence-corrected chi connectivity index (χ4v) is 18.1. The summed E-state index contributed by atoms with van der Waals surface area (Å²) in [6, 6.07) is 0. The zero-order chi connectivity index (χ0) is 82.6. The van der Waals surface area contributed by atoms with Crippen molar-refractivity contribution in [3.63, 3.8) is 0 Å². The number of ether oxygens (including phenoxy) is 20. The van der Waals surface area contributed by atoms with Crippen molar-refractivity contribution in [3.05, 3.63) is 73.4 Å². The molecule has 0 aromatic rings. The third-order valence-corrected chi connectivity index (χ3v) is 23.1. The monoisotopic (exact) mass is 1600 g/mol. The third-order valence-electron chi connectivity index (χ3n) is 23.1. The Morgan fingerprint density at radius 2 is 0.833 bits per heavy atom. The Kier molecular flexibility index (Phi) is 27.2. The SMILES string of the molecule is C=C(C)C(=O)OCC(=O)OC1C2CC3C1OC(=O)C3C2C(=O)OC.C=C(C)C(=O)OCC(=O)OC1CC2CCC1O2.C=C(C)C(=O)OCC1C2CC3C1OC(=O)C3C2C(=O)OC.C=C(C)C(=O)OCCC(=O)OC1CC2CCC1O2.C=C(C)C(=O)OCCOC1C2CC3C(=O)OC1C3O2.C=CC(=O)OC1C2CC3C(=O)OC1C3O2. The van der Waals surface area contributed by atoms with Crippen LogP contribution < -0.4 is 0 Å². The first-order chi connectivity index (χ1) is 54.2. The second kappa shape index (κ2) is 36.4. The number of rotatable bonds is 25. The van der Waals surface area contributed by atoms with Crippen LogP contribution in [0.25, 0.3) is 0 Å². The minimum Gasteiger partial charge on any atom is -0.469 e. The Bertz CT molecular complexity index is 3890. The van der Waals surface area contributed by atoms with Gasteiger partial charge in [-0.3, -0.25) is 33.6 Å². The van der Waals surface area contributed by atoms with E-state index in [0.717, 1.165) is 51.0 Å². The van der Waals surface area contributed by atoms with Gasteiger partial charge in [-0.1, -0.05) is 39.5 Å². The average molecular weight is 1610 g/mol. The van der Waals surface area contributed by atoms with Gasteiger partial charge in [-0.15, -0.1) is 0 Å². The van der Waals surface area contributed by atoms with Crippen LogP contribution >= 0.6 is 0 Å². The Hall–Kier alpha value is -9.71. The summed E-state index contributed by atoms with van der Waals surface area (Å²) < 4.78 is 104. The minimum atomic E-state index is -0.759. The number of carbonyl (C=O) groups excluding carboxylic acids is 15. The van der Waals surface area contributed by atoms with Crippen LogP contribution in [-0.4, -0.2) is 247 Å². The van der Waals surface area contributed by atoms with E-state index >= 15 is 0 Å². The van der Waals surface area contributed by atoms with Crippen molar-refractivity contribution in [1.29, 1.82) is 0 Å². The molecule has 622 valence electrons. The fraction of sp³-hybridized carbons (Fsp3) is 0.658. The molecule has 0 aromatic heterocycles. The molecule has 28 atom stereocenters. The molecule has 4 saturated carbocycles. The zero-order valence-electron chi connectivity index (χ0n) is 64.3. The Balaban J connectivity index is 0.000000136. The number of fused-ring (bicyclic) bond motifs is 8. The van der Waals surface area contributed by atoms with Crippen molar-refractivity contribution in [1.82, 2.24) is 0 Å². The molecule has 35 heteroatoms. The highest BCUT2D eigenvalue weighted by molar-refractivity contribution is 5.91. The van der Waals surface area contributed by atoms with Crippen LogP contribution in [0.4, 0.5) is 0 Å². The van der Waals surface area contributed by atoms with Gasteiger partial charge in [-0.2, -0.15) is 0 Å². The summed E-state index contributed by atoms with van der Waals surface area (Å²) in [6.45, 7) is 28.0. The van der Waals surface area contributed by atoms with Gasteiger partial charge in [0.05, 0.1) is 106 Å². The summed E-state index contributed by atoms with van der Waals surface area (Å²) >= 11 is 0. The zero-order valence-corrected chi connectivity index (χ0v) is 64.3. The maximum absolute atomic E-state index is 12.0. The predicted molar refractivity (Wildman–Crippen MR) is 376 cm³/mol. The highest BCUT2D eigenvalue weighted by Crippen LogP contribution is 2.62. The van der Waals surface area contributed by atoms with Crippen molar-refractivity contribution >= 4 is 89.5 Å². The van der Waals surface area contributed by atoms with Crippen LogP contribution in [0.3, 0.4) is 0 Å². The summed E-state index contributed by atoms with van der Waals surface area (Å²) in [7, 11) is 2.58. The van der Waals surface area contributed by atoms with Gasteiger partial charge in [0.25, 0.3) is 0 Å². The summed E-state index contributed by atoms with van der Waals surface area (Å²) in [4.78, 5) is 173. The normalized spacial score (nSPS) is 36.1. The molecule has 0 radical (unpaired) electrons. The van der Waals surface area contributed by atoms with Gasteiger partial charge >= 0.3 is 89.5 Å². The standard InChI is InChI=1S/C16H18O8.C15H18O6.C13H16O6.C13H18O5.C12H16O5.C10H10O5/c1-6(2)14(18)22-5-9(17)23-12-7-4-8-11(10(7)15(19)21-3)16(20)24-13(8)12;1-6(2)13(16)20-5-9-7-4-8-11(10(7)14(17)19-3)15(18)21-12(8)9;1-6(2)12(14)17-4-3-16-10-8-5-7-9(18-8)11(10)19-13(7)15;1-8(2)13(15)16-6-5-12(14)18-11-7-9-3-4-10(11)17-9;1-7(2)12(14)15-6-11(13)17-10-5-8-3-4-9(10)16-8;1-2-6(11)14-8-5-3-4-7(13-5)9(8)15-10(4)12/h7-8,10-13H,1,4-5H2,2-3H3;7-12H,1,4-5H2,2-3H3;7-11H,1,3-5H2,2H3;9-11H,1,3-7H2,2H3;8-10H,1,3-6H2,2H3;2,4-5,7-9H,1,3H2. The molecular formula is C79H96O35. The first-order valence-electron chi connectivity index (χ1n) is 38.0. The lowest BCUT2D eigenvalue weighted by Gasteiger charge is -2.29. The molecule has 12 heterocycles. The second-order valence-corrected chi connectivity index (χ2v) is 30.9. The maximum Gasteiger partial charge on any atom is 0.344 e. The van der Waals surface area contributed by atoms with E-state index in [0.29, 0.717) is 36.0 Å². The highest BCUT2D eigenvalue weighted by Gasteiger charge is 2.72. The minimum absolute atomic E-state index is 0.0261. The van der Waals surface area contributed by atoms with Crippen molar-refractivity contribution < 1.29 is 167 Å². The Morgan fingerprint density at radius 1 is 0.404 bits per heavy atom. The van der Waals surface area contributed by atoms with Gasteiger partial charge in [0, 0.05) is 70.5 Å². The molecule has 12 saturated heterocycles. The van der Waals surface area contributed by atoms with Crippen LogP contribution in [0.2, 0.25) is 0 Å². The first-order valence-corrected chi connectivity index (χ1v) is 38.0. The van der Waals surface area contributed by atoms with Crippen molar-refractivity contribution in [2.75, 3.05) is 53.9 Å². The molecule has 16 aliphatic rings. The van der Waals surface area contributed by atoms with Gasteiger partial charge in [0.1, 0.15) is 62.0 Å². The van der Waals surface area contributed by atoms with E-state index in [2.05, 4.69) is 39.5 Å². The third kappa shape index (κ3) is 18.5. The lowest BCUT2D eigenvalue weighted by Crippen LogP contribution is -2.44. The molecule has 0 spiro atoms. The quantitative estimate of drug-likeness (QED) is 0.0548. The smallest absolute Gasteiger partial charge is 0.344 e. The highest BCUT2D eigenvalue weighted by atomic mass is 16.7. The number of carbonyl (C=O) groups is 15. The largest absolute Gasteiger partial charge is 0.469 e. The molecule has 16 fully saturated rings. The van der Waals surface area contributed by atoms with Gasteiger partial charge in [0.2, 0.25) is 0 Å². The molecule has 0 aromatic carbocycles.